The van der Waals surface area contributed by atoms with Crippen LogP contribution >= 0.6 is 11.6 Å². The van der Waals surface area contributed by atoms with Gasteiger partial charge in [0, 0.05) is 6.04 Å². The zero-order valence-corrected chi connectivity index (χ0v) is 17.8. The van der Waals surface area contributed by atoms with Gasteiger partial charge in [0.15, 0.2) is 0 Å². The summed E-state index contributed by atoms with van der Waals surface area (Å²) >= 11 is 6.26. The van der Waals surface area contributed by atoms with Crippen molar-refractivity contribution in [2.45, 2.75) is 31.8 Å². The van der Waals surface area contributed by atoms with Gasteiger partial charge in [-0.3, -0.25) is 19.7 Å². The third-order valence-corrected chi connectivity index (χ3v) is 6.41. The van der Waals surface area contributed by atoms with E-state index >= 15 is 0 Å². The first kappa shape index (κ1) is 21.5. The quantitative estimate of drug-likeness (QED) is 0.685. The van der Waals surface area contributed by atoms with Crippen LogP contribution < -0.4 is 10.2 Å². The first-order valence-electron chi connectivity index (χ1n) is 10.1. The maximum absolute atomic E-state index is 13.6. The molecule has 2 aromatic carbocycles. The number of carboxylic acids is 1. The second-order valence-electron chi connectivity index (χ2n) is 8.51. The Morgan fingerprint density at radius 1 is 1.16 bits per heavy atom. The Morgan fingerprint density at radius 3 is 2.39 bits per heavy atom. The fraction of sp³-hybridized carbons (Fsp3) is 0.348. The summed E-state index contributed by atoms with van der Waals surface area (Å²) in [4.78, 5) is 40.7. The van der Waals surface area contributed by atoms with E-state index < -0.39 is 47.0 Å². The number of halogens is 2. The van der Waals surface area contributed by atoms with E-state index in [0.29, 0.717) is 5.56 Å². The van der Waals surface area contributed by atoms with Gasteiger partial charge in [-0.2, -0.15) is 0 Å². The number of imide groups is 1. The van der Waals surface area contributed by atoms with E-state index in [2.05, 4.69) is 5.32 Å². The minimum absolute atomic E-state index is 0.0616. The van der Waals surface area contributed by atoms with Crippen molar-refractivity contribution in [3.05, 3.63) is 64.9 Å². The molecule has 2 saturated heterocycles. The summed E-state index contributed by atoms with van der Waals surface area (Å²) in [5.74, 6) is -4.89. The maximum atomic E-state index is 13.6. The highest BCUT2D eigenvalue weighted by Gasteiger charge is 2.68. The largest absolute Gasteiger partial charge is 0.480 e. The third kappa shape index (κ3) is 3.32. The Hall–Kier alpha value is -2.77. The molecule has 8 heteroatoms. The van der Waals surface area contributed by atoms with Gasteiger partial charge in [-0.1, -0.05) is 49.7 Å². The number of hydrogen-bond donors (Lipinski definition) is 2. The third-order valence-electron chi connectivity index (χ3n) is 6.09. The number of para-hydroxylation sites is 1. The van der Waals surface area contributed by atoms with Crippen LogP contribution in [0.1, 0.15) is 31.9 Å². The second-order valence-corrected chi connectivity index (χ2v) is 8.92. The number of carbonyl (C=O) groups is 3. The lowest BCUT2D eigenvalue weighted by molar-refractivity contribution is -0.149. The molecule has 2 N–H and O–H groups in total. The van der Waals surface area contributed by atoms with E-state index in [-0.39, 0.29) is 23.0 Å². The van der Waals surface area contributed by atoms with Gasteiger partial charge in [0.05, 0.1) is 22.5 Å². The van der Waals surface area contributed by atoms with Crippen molar-refractivity contribution in [1.82, 2.24) is 5.32 Å². The number of anilines is 1. The number of amides is 2. The molecule has 2 heterocycles. The van der Waals surface area contributed by atoms with Gasteiger partial charge in [-0.15, -0.1) is 0 Å². The summed E-state index contributed by atoms with van der Waals surface area (Å²) < 4.78 is 13.5. The van der Waals surface area contributed by atoms with Crippen LogP contribution in [-0.4, -0.2) is 28.4 Å². The fourth-order valence-electron chi connectivity index (χ4n) is 4.95. The minimum atomic E-state index is -1.64. The van der Waals surface area contributed by atoms with E-state index in [1.165, 1.54) is 24.3 Å². The summed E-state index contributed by atoms with van der Waals surface area (Å²) in [5.41, 5.74) is -0.860. The van der Waals surface area contributed by atoms with Crippen LogP contribution in [-0.2, 0) is 14.4 Å². The molecule has 0 bridgehead atoms. The molecule has 2 aliphatic rings. The summed E-state index contributed by atoms with van der Waals surface area (Å²) in [5, 5.41) is 13.6. The lowest BCUT2D eigenvalue weighted by Gasteiger charge is -2.32. The van der Waals surface area contributed by atoms with Crippen molar-refractivity contribution in [2.24, 2.45) is 17.8 Å². The molecule has 4 rings (SSSR count). The number of nitrogens with zero attached hydrogens (tertiary/aromatic N) is 1. The van der Waals surface area contributed by atoms with E-state index in [9.17, 15) is 23.9 Å². The predicted octanol–water partition coefficient (Wildman–Crippen LogP) is 3.80. The Bertz CT molecular complexity index is 1060. The molecule has 0 radical (unpaired) electrons. The van der Waals surface area contributed by atoms with E-state index in [4.69, 9.17) is 11.6 Å². The number of nitrogens with one attached hydrogen (secondary N) is 1. The molecule has 2 fully saturated rings. The molecule has 0 spiro atoms. The van der Waals surface area contributed by atoms with Crippen molar-refractivity contribution in [3.8, 4) is 0 Å². The van der Waals surface area contributed by atoms with Gasteiger partial charge in [0.25, 0.3) is 0 Å². The van der Waals surface area contributed by atoms with Crippen LogP contribution in [0.2, 0.25) is 5.02 Å². The summed E-state index contributed by atoms with van der Waals surface area (Å²) in [6, 6.07) is 11.2. The van der Waals surface area contributed by atoms with Gasteiger partial charge in [-0.05, 0) is 42.2 Å². The first-order chi connectivity index (χ1) is 14.7. The lowest BCUT2D eigenvalue weighted by atomic mass is 9.75. The molecule has 0 saturated carbocycles. The monoisotopic (exact) mass is 444 g/mol. The van der Waals surface area contributed by atoms with Crippen LogP contribution in [0.3, 0.4) is 0 Å². The molecule has 2 amide bonds. The zero-order valence-electron chi connectivity index (χ0n) is 17.0. The summed E-state index contributed by atoms with van der Waals surface area (Å²) in [7, 11) is 0. The van der Waals surface area contributed by atoms with Gasteiger partial charge in [0.1, 0.15) is 11.4 Å². The van der Waals surface area contributed by atoms with Gasteiger partial charge < -0.3 is 5.11 Å². The average Bonchev–Trinajstić information content (AvgIpc) is 3.18. The Labute approximate surface area is 184 Å². The number of fused-ring (bicyclic) bond motifs is 1. The fourth-order valence-corrected chi connectivity index (χ4v) is 5.17. The number of hydrogen-bond acceptors (Lipinski definition) is 4. The maximum Gasteiger partial charge on any atom is 0.324 e. The van der Waals surface area contributed by atoms with Gasteiger partial charge >= 0.3 is 5.97 Å². The molecule has 0 aliphatic carbocycles. The van der Waals surface area contributed by atoms with Crippen molar-refractivity contribution in [1.29, 1.82) is 0 Å². The van der Waals surface area contributed by atoms with Crippen LogP contribution in [0.15, 0.2) is 48.5 Å². The van der Waals surface area contributed by atoms with Gasteiger partial charge in [0.2, 0.25) is 11.8 Å². The van der Waals surface area contributed by atoms with Crippen molar-refractivity contribution in [2.75, 3.05) is 4.90 Å². The highest BCUT2D eigenvalue weighted by atomic mass is 35.5. The molecule has 0 aromatic heterocycles. The van der Waals surface area contributed by atoms with Crippen molar-refractivity contribution in [3.63, 3.8) is 0 Å². The lowest BCUT2D eigenvalue weighted by Crippen LogP contribution is -2.56. The highest BCUT2D eigenvalue weighted by Crippen LogP contribution is 2.52. The Morgan fingerprint density at radius 2 is 1.81 bits per heavy atom. The number of aliphatic carboxylic acids is 1. The van der Waals surface area contributed by atoms with Crippen molar-refractivity contribution < 1.29 is 23.9 Å². The minimum Gasteiger partial charge on any atom is -0.480 e. The molecule has 4 unspecified atom stereocenters. The van der Waals surface area contributed by atoms with E-state index in [1.54, 1.807) is 24.3 Å². The second kappa shape index (κ2) is 7.73. The Balaban J connectivity index is 1.88. The number of carboxylic acid groups (broad SMARTS) is 1. The van der Waals surface area contributed by atoms with Crippen LogP contribution in [0.5, 0.6) is 0 Å². The Kier molecular flexibility index (Phi) is 5.35. The molecule has 31 heavy (non-hydrogen) atoms. The number of rotatable bonds is 5. The highest BCUT2D eigenvalue weighted by molar-refractivity contribution is 6.36. The predicted molar refractivity (Wildman–Crippen MR) is 113 cm³/mol. The van der Waals surface area contributed by atoms with E-state index in [1.807, 2.05) is 13.8 Å². The number of carbonyl (C=O) groups excluding carboxylic acids is 2. The number of benzene rings is 2. The standard InChI is InChI=1S/C23H22ClFN2O4/c1-12(2)11-23(22(30)31)18-17(19(26-23)13-7-9-14(25)10-8-13)20(28)27(21(18)29)16-6-4-3-5-15(16)24/h3-10,12,17-19,26H,11H2,1-2H3,(H,30,31). The molecular formula is C23H22ClFN2O4. The first-order valence-corrected chi connectivity index (χ1v) is 10.4. The molecule has 6 nitrogen and oxygen atoms in total. The average molecular weight is 445 g/mol. The van der Waals surface area contributed by atoms with Crippen LogP contribution in [0.25, 0.3) is 0 Å². The van der Waals surface area contributed by atoms with E-state index in [0.717, 1.165) is 4.90 Å². The summed E-state index contributed by atoms with van der Waals surface area (Å²) in [6.45, 7) is 3.72. The molecule has 4 atom stereocenters. The molecule has 2 aromatic rings. The zero-order chi connectivity index (χ0) is 22.5. The van der Waals surface area contributed by atoms with Crippen molar-refractivity contribution >= 4 is 35.1 Å². The van der Waals surface area contributed by atoms with Gasteiger partial charge in [-0.25, -0.2) is 9.29 Å². The molecule has 162 valence electrons. The smallest absolute Gasteiger partial charge is 0.324 e. The SMILES string of the molecule is CC(C)CC1(C(=O)O)NC(c2ccc(F)cc2)C2C(=O)N(c3ccccc3Cl)C(=O)C21. The normalized spacial score (nSPS) is 27.8. The topological polar surface area (TPSA) is 86.7 Å². The molecular weight excluding hydrogens is 423 g/mol. The van der Waals surface area contributed by atoms with Crippen LogP contribution in [0, 0.1) is 23.6 Å². The summed E-state index contributed by atoms with van der Waals surface area (Å²) in [6.07, 6.45) is 0.149. The van der Waals surface area contributed by atoms with Crippen LogP contribution in [0.4, 0.5) is 10.1 Å². The molecule has 2 aliphatic heterocycles.